The monoisotopic (exact) mass is 1360 g/mol. The molecule has 14 atom stereocenters. The van der Waals surface area contributed by atoms with Crippen LogP contribution in [0.5, 0.6) is 0 Å². The normalized spacial score (nSPS) is 27.5. The molecule has 0 spiro atoms. The molecule has 0 saturated carbocycles. The first kappa shape index (κ1) is 86.5. The Morgan fingerprint density at radius 3 is 1.51 bits per heavy atom. The number of hydrogen-bond donors (Lipinski definition) is 3. The van der Waals surface area contributed by atoms with Gasteiger partial charge in [-0.25, -0.2) is 0 Å². The van der Waals surface area contributed by atoms with Gasteiger partial charge in [0.2, 0.25) is 53.2 Å². The minimum atomic E-state index is -1.60. The fraction of sp³-hybridized carbons (Fsp3) is 0.847. The smallest absolute Gasteiger partial charge is 0.246 e. The van der Waals surface area contributed by atoms with Gasteiger partial charge in [-0.1, -0.05) is 116 Å². The minimum absolute atomic E-state index is 0.0166. The van der Waals surface area contributed by atoms with E-state index in [1.54, 1.807) is 55.4 Å². The standard InChI is InChI=1S/C72H130N10O14/c1-25-27-28-31-48(13)63(85)62-65(87)74-54(26-2)69(91)75(18)51(16)67(89)80(23)61(52(17)96-35-30-29-32-82-33-36-95-37-34-82)59(84)42-53(46(9)10)68(90)76(19)55(38-43(3)4)58(83)41-49(14)64(86)73-50(15)66(88)77(20)56(39-44(5)6)70(92)78(21)57(40-45(7)8)71(93)79(22)60(47(11)12)72(94)81(62)24/h43-57,60-63,85H,25-42H2,1-24H3,(H,73,86)(H,74,87)/t48-,49-,50-,51-,52-,53+,54+,55+,56+,57+,60+,61+,62+,63-/m1/s1. The number of hydrogen-bond acceptors (Lipinski definition) is 15. The van der Waals surface area contributed by atoms with Gasteiger partial charge in [0.1, 0.15) is 48.3 Å². The van der Waals surface area contributed by atoms with Crippen LogP contribution in [0.2, 0.25) is 0 Å². The number of nitrogens with zero attached hydrogens (tertiary/aromatic N) is 8. The van der Waals surface area contributed by atoms with Crippen molar-refractivity contribution in [1.29, 1.82) is 0 Å². The summed E-state index contributed by atoms with van der Waals surface area (Å²) >= 11 is 0. The summed E-state index contributed by atoms with van der Waals surface area (Å²) < 4.78 is 11.9. The SMILES string of the molecule is CCCCC[C@@H](C)[C@@H](O)[C@H]1C(=O)N[C@@H](CC)C(=O)N(C)[C@H](C)C(=O)N(C)[C@@H]([C@@H](C)OCCCCN2CCOCC2)C(=O)C[C@@H](C(C)C)C(=O)N(C)[C@@H](CC(C)C)C(=O)C[C@@H](C)C(=O)N[C@H](C)C(=O)N(C)[C@@H](CC(C)C)C(=O)N(C)[C@@H](CC(C)C)C(=O)N(C)[C@@H](C(C)C)C(=O)N1C. The van der Waals surface area contributed by atoms with Crippen molar-refractivity contribution in [2.45, 2.75) is 261 Å². The molecule has 552 valence electrons. The van der Waals surface area contributed by atoms with E-state index in [0.717, 1.165) is 50.2 Å². The predicted molar refractivity (Wildman–Crippen MR) is 373 cm³/mol. The van der Waals surface area contributed by atoms with Crippen LogP contribution >= 0.6 is 0 Å². The molecule has 96 heavy (non-hydrogen) atoms. The van der Waals surface area contributed by atoms with E-state index in [4.69, 9.17) is 9.47 Å². The summed E-state index contributed by atoms with van der Waals surface area (Å²) in [6.45, 7) is 34.2. The molecule has 9 amide bonds. The van der Waals surface area contributed by atoms with Gasteiger partial charge in [0, 0.05) is 93.7 Å². The highest BCUT2D eigenvalue weighted by molar-refractivity contribution is 6.00. The highest BCUT2D eigenvalue weighted by atomic mass is 16.5. The fourth-order valence-corrected chi connectivity index (χ4v) is 13.3. The van der Waals surface area contributed by atoms with Crippen molar-refractivity contribution in [3.8, 4) is 0 Å². The second-order valence-corrected chi connectivity index (χ2v) is 29.8. The van der Waals surface area contributed by atoms with Crippen LogP contribution in [0, 0.1) is 47.3 Å². The van der Waals surface area contributed by atoms with Gasteiger partial charge < -0.3 is 59.5 Å². The average Bonchev–Trinajstić information content (AvgIpc) is 0.874. The van der Waals surface area contributed by atoms with Crippen LogP contribution in [0.4, 0.5) is 0 Å². The van der Waals surface area contributed by atoms with Gasteiger partial charge in [-0.05, 0) is 108 Å². The number of likely N-dealkylation sites (N-methyl/N-ethyl adjacent to an activating group) is 7. The second kappa shape index (κ2) is 41.1. The molecule has 0 aromatic carbocycles. The summed E-state index contributed by atoms with van der Waals surface area (Å²) in [6, 6.07) is -11.1. The molecule has 2 aliphatic heterocycles. The van der Waals surface area contributed by atoms with E-state index >= 15 is 33.6 Å². The molecule has 0 unspecified atom stereocenters. The summed E-state index contributed by atoms with van der Waals surface area (Å²) in [5.74, 6) is -10.6. The summed E-state index contributed by atoms with van der Waals surface area (Å²) in [6.07, 6.45) is 1.91. The van der Waals surface area contributed by atoms with Crippen molar-refractivity contribution in [1.82, 2.24) is 49.8 Å². The van der Waals surface area contributed by atoms with E-state index in [1.165, 1.54) is 92.6 Å². The Balaban J connectivity index is 3.01. The Labute approximate surface area is 577 Å². The third-order valence-electron chi connectivity index (χ3n) is 19.8. The van der Waals surface area contributed by atoms with Crippen molar-refractivity contribution in [2.24, 2.45) is 47.3 Å². The third-order valence-corrected chi connectivity index (χ3v) is 19.8. The van der Waals surface area contributed by atoms with Gasteiger partial charge in [0.05, 0.1) is 31.5 Å². The molecule has 0 aliphatic carbocycles. The molecule has 24 heteroatoms. The lowest BCUT2D eigenvalue weighted by Crippen LogP contribution is -2.64. The number of aliphatic hydroxyl groups is 1. The van der Waals surface area contributed by atoms with E-state index in [2.05, 4.69) is 15.5 Å². The van der Waals surface area contributed by atoms with E-state index in [1.807, 2.05) is 48.5 Å². The topological polar surface area (TPSA) is 276 Å². The zero-order chi connectivity index (χ0) is 73.5. The number of carbonyl (C=O) groups is 11. The Morgan fingerprint density at radius 2 is 1.00 bits per heavy atom. The minimum Gasteiger partial charge on any atom is -0.390 e. The maximum atomic E-state index is 15.4. The highest BCUT2D eigenvalue weighted by Crippen LogP contribution is 2.29. The van der Waals surface area contributed by atoms with E-state index in [0.29, 0.717) is 26.1 Å². The first-order valence-electron chi connectivity index (χ1n) is 35.8. The Kier molecular flexibility index (Phi) is 37.0. The van der Waals surface area contributed by atoms with Gasteiger partial charge in [-0.2, -0.15) is 0 Å². The van der Waals surface area contributed by atoms with Crippen LogP contribution in [-0.2, 0) is 62.2 Å². The lowest BCUT2D eigenvalue weighted by Gasteiger charge is -2.41. The number of rotatable bonds is 22. The molecule has 2 fully saturated rings. The summed E-state index contributed by atoms with van der Waals surface area (Å²) in [5, 5.41) is 17.9. The van der Waals surface area contributed by atoms with Gasteiger partial charge in [0.15, 0.2) is 11.6 Å². The number of ketones is 2. The molecule has 0 radical (unpaired) electrons. The van der Waals surface area contributed by atoms with E-state index < -0.39 is 161 Å². The number of Topliss-reactive ketones (excluding diaryl/α,β-unsaturated/α-hetero) is 2. The first-order chi connectivity index (χ1) is 44.7. The van der Waals surface area contributed by atoms with Crippen LogP contribution in [0.15, 0.2) is 0 Å². The van der Waals surface area contributed by atoms with Crippen LogP contribution in [0.25, 0.3) is 0 Å². The Morgan fingerprint density at radius 1 is 0.500 bits per heavy atom. The molecular formula is C72H130N10O14. The van der Waals surface area contributed by atoms with Crippen molar-refractivity contribution >= 4 is 64.7 Å². The summed E-state index contributed by atoms with van der Waals surface area (Å²) in [5.41, 5.74) is 0. The van der Waals surface area contributed by atoms with Crippen LogP contribution in [0.1, 0.15) is 195 Å². The van der Waals surface area contributed by atoms with Gasteiger partial charge in [-0.15, -0.1) is 0 Å². The Bertz CT molecular complexity index is 2540. The van der Waals surface area contributed by atoms with Gasteiger partial charge in [0.25, 0.3) is 0 Å². The number of nitrogens with one attached hydrogen (secondary N) is 2. The molecule has 2 rings (SSSR count). The molecule has 2 saturated heterocycles. The predicted octanol–water partition coefficient (Wildman–Crippen LogP) is 5.92. The van der Waals surface area contributed by atoms with Crippen molar-refractivity contribution < 1.29 is 67.3 Å². The van der Waals surface area contributed by atoms with Crippen LogP contribution in [0.3, 0.4) is 0 Å². The highest BCUT2D eigenvalue weighted by Gasteiger charge is 2.47. The van der Waals surface area contributed by atoms with Gasteiger partial charge in [-0.3, -0.25) is 57.6 Å². The maximum Gasteiger partial charge on any atom is 0.246 e. The molecule has 0 aromatic heterocycles. The molecule has 3 N–H and O–H groups in total. The summed E-state index contributed by atoms with van der Waals surface area (Å²) in [4.78, 5) is 175. The maximum absolute atomic E-state index is 15.4. The number of ether oxygens (including phenoxy) is 2. The fourth-order valence-electron chi connectivity index (χ4n) is 13.3. The summed E-state index contributed by atoms with van der Waals surface area (Å²) in [7, 11) is 10.2. The number of aliphatic hydroxyl groups excluding tert-OH is 1. The van der Waals surface area contributed by atoms with Crippen LogP contribution in [-0.4, -0.2) is 264 Å². The number of morpholine rings is 1. The van der Waals surface area contributed by atoms with Crippen LogP contribution < -0.4 is 10.6 Å². The van der Waals surface area contributed by atoms with Gasteiger partial charge >= 0.3 is 0 Å². The van der Waals surface area contributed by atoms with Crippen molar-refractivity contribution in [3.05, 3.63) is 0 Å². The number of amides is 9. The molecule has 0 bridgehead atoms. The second-order valence-electron chi connectivity index (χ2n) is 29.8. The average molecular weight is 1360 g/mol. The molecule has 2 aliphatic rings. The van der Waals surface area contributed by atoms with Crippen molar-refractivity contribution in [2.75, 3.05) is 88.8 Å². The molecule has 2 heterocycles. The molecular weight excluding hydrogens is 1230 g/mol. The quantitative estimate of drug-likeness (QED) is 0.106. The lowest BCUT2D eigenvalue weighted by molar-refractivity contribution is -0.157. The van der Waals surface area contributed by atoms with E-state index in [9.17, 15) is 24.3 Å². The lowest BCUT2D eigenvalue weighted by atomic mass is 9.85. The third kappa shape index (κ3) is 24.7. The molecule has 0 aromatic rings. The largest absolute Gasteiger partial charge is 0.390 e. The number of carbonyl (C=O) groups excluding carboxylic acids is 11. The zero-order valence-electron chi connectivity index (χ0n) is 63.5. The Hall–Kier alpha value is -5.59. The van der Waals surface area contributed by atoms with Crippen molar-refractivity contribution in [3.63, 3.8) is 0 Å². The zero-order valence-corrected chi connectivity index (χ0v) is 63.5. The molecule has 24 nitrogen and oxygen atoms in total. The van der Waals surface area contributed by atoms with E-state index in [-0.39, 0.29) is 62.9 Å². The first-order valence-corrected chi connectivity index (χ1v) is 35.8. The number of unbranched alkanes of at least 4 members (excludes halogenated alkanes) is 3.